The number of halogens is 1. The fraction of sp³-hybridized carbons (Fsp3) is 0.240. The van der Waals surface area contributed by atoms with Gasteiger partial charge in [-0.25, -0.2) is 0 Å². The number of ether oxygens (including phenoxy) is 2. The van der Waals surface area contributed by atoms with Crippen LogP contribution in [0, 0.1) is 0 Å². The summed E-state index contributed by atoms with van der Waals surface area (Å²) in [7, 11) is 3.03. The van der Waals surface area contributed by atoms with Crippen molar-refractivity contribution in [2.75, 3.05) is 50.6 Å². The Morgan fingerprint density at radius 3 is 2.39 bits per heavy atom. The lowest BCUT2D eigenvalue weighted by molar-refractivity contribution is 0.0751. The summed E-state index contributed by atoms with van der Waals surface area (Å²) in [5.74, 6) is 0.660. The lowest BCUT2D eigenvalue weighted by Crippen LogP contribution is -2.48. The smallest absolute Gasteiger partial charge is 0.264 e. The van der Waals surface area contributed by atoms with Gasteiger partial charge in [-0.1, -0.05) is 17.7 Å². The zero-order valence-electron chi connectivity index (χ0n) is 19.7. The number of amides is 2. The Morgan fingerprint density at radius 1 is 1.00 bits per heavy atom. The van der Waals surface area contributed by atoms with Gasteiger partial charge in [-0.2, -0.15) is 0 Å². The molecule has 4 rings (SSSR count). The predicted molar refractivity (Wildman–Crippen MR) is 147 cm³/mol. The number of nitrogens with one attached hydrogen (secondary N) is 2. The average Bonchev–Trinajstić information content (AvgIpc) is 3.43. The lowest BCUT2D eigenvalue weighted by Gasteiger charge is -2.36. The number of hydrogen-bond donors (Lipinski definition) is 2. The molecule has 0 bridgehead atoms. The van der Waals surface area contributed by atoms with Gasteiger partial charge in [0.1, 0.15) is 0 Å². The number of nitrogens with zero attached hydrogens (tertiary/aromatic N) is 2. The number of anilines is 2. The van der Waals surface area contributed by atoms with Crippen molar-refractivity contribution < 1.29 is 19.1 Å². The van der Waals surface area contributed by atoms with Crippen LogP contribution in [0.4, 0.5) is 11.4 Å². The van der Waals surface area contributed by atoms with Crippen LogP contribution < -0.4 is 25.0 Å². The van der Waals surface area contributed by atoms with Gasteiger partial charge < -0.3 is 24.6 Å². The molecule has 1 saturated heterocycles. The van der Waals surface area contributed by atoms with Gasteiger partial charge in [-0.15, -0.1) is 11.3 Å². The molecule has 1 fully saturated rings. The number of carbonyl (C=O) groups excluding carboxylic acids is 2. The van der Waals surface area contributed by atoms with Crippen molar-refractivity contribution in [3.63, 3.8) is 0 Å². The van der Waals surface area contributed by atoms with Gasteiger partial charge in [-0.3, -0.25) is 14.9 Å². The zero-order valence-corrected chi connectivity index (χ0v) is 22.1. The van der Waals surface area contributed by atoms with Gasteiger partial charge in [0.2, 0.25) is 0 Å². The average molecular weight is 545 g/mol. The standard InChI is InChI=1S/C25H25ClN4O4S2/c1-33-20-8-5-16(14-21(20)34-2)23(31)28-25(35)27-17-6-7-19(18(26)15-17)29-9-11-30(12-10-29)24(32)22-4-3-13-36-22/h3-8,13-15H,9-12H2,1-2H3,(H2,27,28,31,35). The Morgan fingerprint density at radius 2 is 1.75 bits per heavy atom. The van der Waals surface area contributed by atoms with Gasteiger partial charge in [-0.05, 0) is 60.1 Å². The Bertz CT molecular complexity index is 1260. The normalized spacial score (nSPS) is 13.2. The Hall–Kier alpha value is -3.34. The molecule has 2 aromatic carbocycles. The lowest BCUT2D eigenvalue weighted by atomic mass is 10.2. The first kappa shape index (κ1) is 25.7. The second kappa shape index (κ2) is 11.6. The monoisotopic (exact) mass is 544 g/mol. The molecule has 36 heavy (non-hydrogen) atoms. The van der Waals surface area contributed by atoms with E-state index in [0.29, 0.717) is 54.0 Å². The highest BCUT2D eigenvalue weighted by molar-refractivity contribution is 7.80. The predicted octanol–water partition coefficient (Wildman–Crippen LogP) is 4.51. The maximum atomic E-state index is 12.6. The molecule has 1 aliphatic rings. The van der Waals surface area contributed by atoms with Crippen LogP contribution in [0.3, 0.4) is 0 Å². The summed E-state index contributed by atoms with van der Waals surface area (Å²) in [5, 5.41) is 8.24. The molecule has 188 valence electrons. The maximum absolute atomic E-state index is 12.6. The zero-order chi connectivity index (χ0) is 25.7. The minimum atomic E-state index is -0.383. The van der Waals surface area contributed by atoms with E-state index in [2.05, 4.69) is 15.5 Å². The number of thiocarbonyl (C=S) groups is 1. The molecule has 1 aromatic heterocycles. The number of methoxy groups -OCH3 is 2. The first-order chi connectivity index (χ1) is 17.4. The van der Waals surface area contributed by atoms with Crippen LogP contribution in [-0.2, 0) is 0 Å². The second-order valence-corrected chi connectivity index (χ2v) is 9.66. The quantitative estimate of drug-likeness (QED) is 0.442. The molecule has 0 aliphatic carbocycles. The van der Waals surface area contributed by atoms with Crippen LogP contribution in [0.2, 0.25) is 5.02 Å². The third kappa shape index (κ3) is 5.89. The summed E-state index contributed by atoms with van der Waals surface area (Å²) < 4.78 is 10.4. The van der Waals surface area contributed by atoms with E-state index < -0.39 is 0 Å². The molecule has 0 saturated carbocycles. The van der Waals surface area contributed by atoms with Crippen LogP contribution in [0.5, 0.6) is 11.5 Å². The van der Waals surface area contributed by atoms with Crippen LogP contribution >= 0.6 is 35.2 Å². The fourth-order valence-electron chi connectivity index (χ4n) is 3.86. The Balaban J connectivity index is 1.33. The Labute approximate surface area is 223 Å². The van der Waals surface area contributed by atoms with E-state index in [0.717, 1.165) is 10.6 Å². The van der Waals surface area contributed by atoms with E-state index in [1.165, 1.54) is 25.6 Å². The van der Waals surface area contributed by atoms with Gasteiger partial charge in [0, 0.05) is 37.4 Å². The maximum Gasteiger partial charge on any atom is 0.264 e. The molecule has 0 spiro atoms. The van der Waals surface area contributed by atoms with Crippen molar-refractivity contribution >= 4 is 63.5 Å². The molecule has 2 heterocycles. The molecule has 0 unspecified atom stereocenters. The first-order valence-electron chi connectivity index (χ1n) is 11.1. The van der Waals surface area contributed by atoms with Crippen molar-refractivity contribution in [2.45, 2.75) is 0 Å². The third-order valence-corrected chi connectivity index (χ3v) is 7.08. The van der Waals surface area contributed by atoms with Gasteiger partial charge >= 0.3 is 0 Å². The van der Waals surface area contributed by atoms with Gasteiger partial charge in [0.15, 0.2) is 16.6 Å². The number of piperazine rings is 1. The summed E-state index contributed by atoms with van der Waals surface area (Å²) in [4.78, 5) is 29.9. The molecule has 2 amide bonds. The van der Waals surface area contributed by atoms with Crippen molar-refractivity contribution in [2.24, 2.45) is 0 Å². The van der Waals surface area contributed by atoms with Crippen LogP contribution in [0.1, 0.15) is 20.0 Å². The number of thiophene rings is 1. The van der Waals surface area contributed by atoms with Crippen molar-refractivity contribution in [3.8, 4) is 11.5 Å². The Kier molecular flexibility index (Phi) is 8.29. The SMILES string of the molecule is COc1ccc(C(=O)NC(=S)Nc2ccc(N3CCN(C(=O)c4cccs4)CC3)c(Cl)c2)cc1OC. The molecule has 1 aliphatic heterocycles. The van der Waals surface area contributed by atoms with E-state index >= 15 is 0 Å². The van der Waals surface area contributed by atoms with Gasteiger partial charge in [0.05, 0.1) is 29.8 Å². The molecular formula is C25H25ClN4O4S2. The van der Waals surface area contributed by atoms with Crippen molar-refractivity contribution in [1.29, 1.82) is 0 Å². The molecule has 2 N–H and O–H groups in total. The highest BCUT2D eigenvalue weighted by Gasteiger charge is 2.24. The van der Waals surface area contributed by atoms with Gasteiger partial charge in [0.25, 0.3) is 11.8 Å². The number of hydrogen-bond acceptors (Lipinski definition) is 7. The van der Waals surface area contributed by atoms with E-state index in [1.54, 1.807) is 24.3 Å². The largest absolute Gasteiger partial charge is 0.493 e. The summed E-state index contributed by atoms with van der Waals surface area (Å²) >= 11 is 13.3. The summed E-state index contributed by atoms with van der Waals surface area (Å²) in [6.07, 6.45) is 0. The van der Waals surface area contributed by atoms with Crippen LogP contribution in [0.25, 0.3) is 0 Å². The van der Waals surface area contributed by atoms with E-state index in [4.69, 9.17) is 33.3 Å². The molecule has 3 aromatic rings. The highest BCUT2D eigenvalue weighted by atomic mass is 35.5. The van der Waals surface area contributed by atoms with Crippen molar-refractivity contribution in [1.82, 2.24) is 10.2 Å². The van der Waals surface area contributed by atoms with Crippen molar-refractivity contribution in [3.05, 3.63) is 69.4 Å². The molecule has 11 heteroatoms. The highest BCUT2D eigenvalue weighted by Crippen LogP contribution is 2.30. The molecule has 8 nitrogen and oxygen atoms in total. The fourth-order valence-corrected chi connectivity index (χ4v) is 5.06. The van der Waals surface area contributed by atoms with E-state index in [9.17, 15) is 9.59 Å². The number of benzene rings is 2. The topological polar surface area (TPSA) is 83.1 Å². The minimum absolute atomic E-state index is 0.0685. The van der Waals surface area contributed by atoms with E-state index in [-0.39, 0.29) is 16.9 Å². The third-order valence-electron chi connectivity index (χ3n) is 5.72. The van der Waals surface area contributed by atoms with Crippen LogP contribution in [-0.4, -0.2) is 62.2 Å². The van der Waals surface area contributed by atoms with Crippen LogP contribution in [0.15, 0.2) is 53.9 Å². The number of rotatable bonds is 6. The van der Waals surface area contributed by atoms with E-state index in [1.807, 2.05) is 34.5 Å². The summed E-state index contributed by atoms with van der Waals surface area (Å²) in [6.45, 7) is 2.62. The molecular weight excluding hydrogens is 520 g/mol. The minimum Gasteiger partial charge on any atom is -0.493 e. The summed E-state index contributed by atoms with van der Waals surface area (Å²) in [5.41, 5.74) is 1.90. The molecule has 0 radical (unpaired) electrons. The number of carbonyl (C=O) groups is 2. The summed E-state index contributed by atoms with van der Waals surface area (Å²) in [6, 6.07) is 14.1. The second-order valence-electron chi connectivity index (χ2n) is 7.90. The first-order valence-corrected chi connectivity index (χ1v) is 12.8. The molecule has 0 atom stereocenters.